The molecule has 0 fully saturated rings. The Morgan fingerprint density at radius 2 is 0.783 bits per heavy atom. The van der Waals surface area contributed by atoms with Crippen LogP contribution < -0.4 is 0 Å². The molecule has 0 radical (unpaired) electrons. The Labute approximate surface area is 279 Å². The molecule has 0 atom stereocenters. The van der Waals surface area contributed by atoms with E-state index in [1.807, 2.05) is 0 Å². The van der Waals surface area contributed by atoms with Crippen molar-refractivity contribution < 1.29 is 44.3 Å². The Bertz CT molecular complexity index is 1210. The first-order chi connectivity index (χ1) is 20.6. The SMILES string of the molecule is Cc1ccc(C(C)(C)C)c(C(O)(c2c(C(C)(C)C)ccc(C)c2C(C)(C)C)C(CO)(CO)CO)c1C(C)(C)C.OP(O)OP(O)O. The van der Waals surface area contributed by atoms with Gasteiger partial charge in [0.1, 0.15) is 5.60 Å². The molecule has 0 aliphatic heterocycles. The van der Waals surface area contributed by atoms with E-state index < -0.39 is 48.0 Å². The van der Waals surface area contributed by atoms with Crippen LogP contribution >= 0.6 is 17.2 Å². The van der Waals surface area contributed by atoms with Crippen LogP contribution in [0.5, 0.6) is 0 Å². The van der Waals surface area contributed by atoms with Crippen molar-refractivity contribution in [2.24, 2.45) is 5.41 Å². The predicted octanol–water partition coefficient (Wildman–Crippen LogP) is 6.12. The predicted molar refractivity (Wildman–Crippen MR) is 188 cm³/mol. The molecule has 9 nitrogen and oxygen atoms in total. The van der Waals surface area contributed by atoms with Gasteiger partial charge in [-0.25, -0.2) is 4.31 Å². The third kappa shape index (κ3) is 9.13. The first-order valence-corrected chi connectivity index (χ1v) is 17.8. The zero-order valence-corrected chi connectivity index (χ0v) is 32.1. The molecule has 0 bridgehead atoms. The summed E-state index contributed by atoms with van der Waals surface area (Å²) in [5.74, 6) is 0. The molecular weight excluding hydrogens is 626 g/mol. The summed E-state index contributed by atoms with van der Waals surface area (Å²) in [6, 6.07) is 8.36. The lowest BCUT2D eigenvalue weighted by molar-refractivity contribution is -0.138. The van der Waals surface area contributed by atoms with Gasteiger partial charge in [0.2, 0.25) is 0 Å². The highest BCUT2D eigenvalue weighted by atomic mass is 31.2. The van der Waals surface area contributed by atoms with Crippen LogP contribution in [0, 0.1) is 19.3 Å². The maximum atomic E-state index is 13.8. The van der Waals surface area contributed by atoms with Gasteiger partial charge in [-0.05, 0) is 80.0 Å². The number of aliphatic hydroxyl groups excluding tert-OH is 3. The van der Waals surface area contributed by atoms with Crippen LogP contribution in [0.4, 0.5) is 0 Å². The van der Waals surface area contributed by atoms with Gasteiger partial charge in [-0.2, -0.15) is 0 Å². The standard InChI is InChI=1S/C35H56O4.H4O5P2/c1-22-15-17-24(30(3,4)5)28(26(22)32(9,10)11)35(39,34(19-36,20-37)21-38)29-25(31(6,7)8)18-16-23(2)27(29)33(12,13)14;1-6(2)5-7(3)4/h15-18,36-39H,19-21H2,1-14H3;1-4H. The molecule has 0 aromatic heterocycles. The van der Waals surface area contributed by atoms with Gasteiger partial charge in [-0.3, -0.25) is 0 Å². The van der Waals surface area contributed by atoms with Crippen molar-refractivity contribution >= 4 is 17.2 Å². The van der Waals surface area contributed by atoms with E-state index in [2.05, 4.69) is 126 Å². The zero-order valence-electron chi connectivity index (χ0n) is 30.3. The van der Waals surface area contributed by atoms with Crippen molar-refractivity contribution in [2.75, 3.05) is 19.8 Å². The third-order valence-corrected chi connectivity index (χ3v) is 9.66. The second-order valence-corrected chi connectivity index (χ2v) is 18.1. The first kappa shape index (κ1) is 43.0. The Hall–Kier alpha value is -1.06. The van der Waals surface area contributed by atoms with E-state index in [0.29, 0.717) is 11.1 Å². The van der Waals surface area contributed by atoms with E-state index >= 15 is 0 Å². The largest absolute Gasteiger partial charge is 0.395 e. The Morgan fingerprint density at radius 3 is 0.957 bits per heavy atom. The Morgan fingerprint density at radius 1 is 0.500 bits per heavy atom. The van der Waals surface area contributed by atoms with Crippen molar-refractivity contribution in [3.05, 3.63) is 68.8 Å². The third-order valence-electron chi connectivity index (χ3n) is 8.49. The minimum atomic E-state index is -2.61. The monoisotopic (exact) mass is 686 g/mol. The average molecular weight is 687 g/mol. The minimum absolute atomic E-state index is 0.378. The topological polar surface area (TPSA) is 171 Å². The molecule has 0 aliphatic carbocycles. The second kappa shape index (κ2) is 15.2. The lowest BCUT2D eigenvalue weighted by atomic mass is 9.56. The highest BCUT2D eigenvalue weighted by Crippen LogP contribution is 2.56. The molecule has 0 saturated carbocycles. The zero-order chi connectivity index (χ0) is 36.4. The van der Waals surface area contributed by atoms with Gasteiger partial charge >= 0.3 is 17.2 Å². The molecule has 2 aromatic carbocycles. The van der Waals surface area contributed by atoms with Crippen LogP contribution in [0.1, 0.15) is 128 Å². The summed E-state index contributed by atoms with van der Waals surface area (Å²) in [7, 11) is -5.22. The Balaban J connectivity index is 0.00000135. The fourth-order valence-electron chi connectivity index (χ4n) is 6.56. The molecule has 0 amide bonds. The summed E-state index contributed by atoms with van der Waals surface area (Å²) in [6.45, 7) is 27.9. The molecular formula is C35H60O9P2. The van der Waals surface area contributed by atoms with Gasteiger partial charge < -0.3 is 40.0 Å². The lowest BCUT2D eigenvalue weighted by Gasteiger charge is -2.52. The van der Waals surface area contributed by atoms with Crippen LogP contribution in [-0.4, -0.2) is 59.8 Å². The van der Waals surface area contributed by atoms with Crippen molar-refractivity contribution in [1.82, 2.24) is 0 Å². The molecule has 0 aliphatic rings. The average Bonchev–Trinajstić information content (AvgIpc) is 2.86. The molecule has 0 heterocycles. The van der Waals surface area contributed by atoms with E-state index in [9.17, 15) is 20.4 Å². The fourth-order valence-corrected chi connectivity index (χ4v) is 7.08. The molecule has 46 heavy (non-hydrogen) atoms. The van der Waals surface area contributed by atoms with Crippen molar-refractivity contribution in [2.45, 2.75) is 124 Å². The smallest absolute Gasteiger partial charge is 0.334 e. The van der Waals surface area contributed by atoms with E-state index in [0.717, 1.165) is 33.4 Å². The number of hydrogen-bond donors (Lipinski definition) is 8. The van der Waals surface area contributed by atoms with E-state index in [1.54, 1.807) is 0 Å². The lowest BCUT2D eigenvalue weighted by Crippen LogP contribution is -2.57. The highest BCUT2D eigenvalue weighted by molar-refractivity contribution is 7.53. The van der Waals surface area contributed by atoms with E-state index in [1.165, 1.54) is 0 Å². The highest BCUT2D eigenvalue weighted by Gasteiger charge is 2.58. The van der Waals surface area contributed by atoms with Gasteiger partial charge in [-0.15, -0.1) is 0 Å². The maximum absolute atomic E-state index is 13.8. The number of aryl methyl sites for hydroxylation is 2. The van der Waals surface area contributed by atoms with Gasteiger partial charge in [0.15, 0.2) is 0 Å². The van der Waals surface area contributed by atoms with Gasteiger partial charge in [0, 0.05) is 0 Å². The summed E-state index contributed by atoms with van der Waals surface area (Å²) in [5, 5.41) is 47.0. The molecule has 0 saturated heterocycles. The normalized spacial score (nSPS) is 13.7. The Kier molecular flexibility index (Phi) is 14.2. The number of benzene rings is 2. The van der Waals surface area contributed by atoms with Crippen LogP contribution in [0.3, 0.4) is 0 Å². The number of aliphatic hydroxyl groups is 4. The quantitative estimate of drug-likeness (QED) is 0.153. The van der Waals surface area contributed by atoms with Crippen molar-refractivity contribution in [1.29, 1.82) is 0 Å². The fraction of sp³-hybridized carbons (Fsp3) is 0.657. The van der Waals surface area contributed by atoms with Crippen molar-refractivity contribution in [3.8, 4) is 0 Å². The summed E-state index contributed by atoms with van der Waals surface area (Å²) in [5.41, 5.74) is 2.09. The minimum Gasteiger partial charge on any atom is -0.395 e. The van der Waals surface area contributed by atoms with E-state index in [-0.39, 0.29) is 21.7 Å². The van der Waals surface area contributed by atoms with Crippen LogP contribution in [0.2, 0.25) is 0 Å². The van der Waals surface area contributed by atoms with Crippen LogP contribution in [0.25, 0.3) is 0 Å². The van der Waals surface area contributed by atoms with Gasteiger partial charge in [-0.1, -0.05) is 107 Å². The van der Waals surface area contributed by atoms with Crippen LogP contribution in [-0.2, 0) is 31.6 Å². The second-order valence-electron chi connectivity index (χ2n) is 16.4. The number of hydrogen-bond acceptors (Lipinski definition) is 9. The first-order valence-electron chi connectivity index (χ1n) is 15.5. The summed E-state index contributed by atoms with van der Waals surface area (Å²) < 4.78 is 3.60. The van der Waals surface area contributed by atoms with E-state index in [4.69, 9.17) is 19.6 Å². The molecule has 8 N–H and O–H groups in total. The molecule has 0 unspecified atom stereocenters. The summed E-state index contributed by atoms with van der Waals surface area (Å²) in [6.07, 6.45) is 0. The molecule has 11 heteroatoms. The molecule has 2 rings (SSSR count). The number of rotatable bonds is 8. The maximum Gasteiger partial charge on any atom is 0.334 e. The molecule has 0 spiro atoms. The molecule has 264 valence electrons. The van der Waals surface area contributed by atoms with Gasteiger partial charge in [0.25, 0.3) is 0 Å². The van der Waals surface area contributed by atoms with Gasteiger partial charge in [0.05, 0.1) is 25.2 Å². The van der Waals surface area contributed by atoms with Crippen molar-refractivity contribution in [3.63, 3.8) is 0 Å². The summed E-state index contributed by atoms with van der Waals surface area (Å²) >= 11 is 0. The van der Waals surface area contributed by atoms with Crippen LogP contribution in [0.15, 0.2) is 24.3 Å². The summed E-state index contributed by atoms with van der Waals surface area (Å²) in [4.78, 5) is 31.3. The molecule has 2 aromatic rings.